The smallest absolute Gasteiger partial charge is 0.255 e. The molecule has 1 N–H and O–H groups in total. The van der Waals surface area contributed by atoms with Crippen molar-refractivity contribution >= 4 is 5.82 Å². The van der Waals surface area contributed by atoms with E-state index in [-0.39, 0.29) is 27.5 Å². The fourth-order valence-corrected chi connectivity index (χ4v) is 4.22. The van der Waals surface area contributed by atoms with Crippen LogP contribution < -0.4 is 10.5 Å². The molecule has 0 spiro atoms. The number of aryl methyl sites for hydroxylation is 1. The van der Waals surface area contributed by atoms with Crippen molar-refractivity contribution in [2.75, 3.05) is 4.90 Å². The molecule has 0 radical (unpaired) electrons. The minimum Gasteiger partial charge on any atom is -0.345 e. The van der Waals surface area contributed by atoms with E-state index in [9.17, 15) is 4.79 Å². The van der Waals surface area contributed by atoms with Crippen LogP contribution in [-0.4, -0.2) is 21.0 Å². The number of nitrogens with one attached hydrogen (secondary N) is 1. The quantitative estimate of drug-likeness (QED) is 0.843. The van der Waals surface area contributed by atoms with E-state index in [1.54, 1.807) is 0 Å². The summed E-state index contributed by atoms with van der Waals surface area (Å²) in [6.07, 6.45) is 1.12. The maximum Gasteiger partial charge on any atom is 0.255 e. The van der Waals surface area contributed by atoms with E-state index in [4.69, 9.17) is 4.98 Å². The molecular weight excluding hydrogens is 286 g/mol. The van der Waals surface area contributed by atoms with Gasteiger partial charge in [-0.2, -0.15) is 0 Å². The van der Waals surface area contributed by atoms with E-state index in [1.807, 2.05) is 13.8 Å². The van der Waals surface area contributed by atoms with Crippen molar-refractivity contribution in [3.63, 3.8) is 0 Å². The molecule has 23 heavy (non-hydrogen) atoms. The van der Waals surface area contributed by atoms with E-state index < -0.39 is 0 Å². The summed E-state index contributed by atoms with van der Waals surface area (Å²) in [7, 11) is 0. The van der Waals surface area contributed by atoms with Crippen LogP contribution in [0.15, 0.2) is 4.79 Å². The number of aromatic nitrogens is 2. The van der Waals surface area contributed by atoms with Gasteiger partial charge in [0.1, 0.15) is 11.6 Å². The van der Waals surface area contributed by atoms with Crippen molar-refractivity contribution in [3.8, 4) is 0 Å². The maximum atomic E-state index is 12.3. The van der Waals surface area contributed by atoms with E-state index in [1.165, 1.54) is 0 Å². The van der Waals surface area contributed by atoms with Crippen LogP contribution >= 0.6 is 0 Å². The highest BCUT2D eigenvalue weighted by Gasteiger charge is 2.59. The number of aromatic amines is 1. The largest absolute Gasteiger partial charge is 0.345 e. The van der Waals surface area contributed by atoms with Crippen LogP contribution in [0.25, 0.3) is 0 Å². The van der Waals surface area contributed by atoms with E-state index in [2.05, 4.69) is 65.3 Å². The molecule has 0 aromatic carbocycles. The molecule has 1 aromatic rings. The van der Waals surface area contributed by atoms with E-state index in [0.717, 1.165) is 12.2 Å². The monoisotopic (exact) mass is 319 g/mol. The Balaban J connectivity index is 2.82. The number of anilines is 1. The zero-order valence-corrected chi connectivity index (χ0v) is 16.5. The lowest BCUT2D eigenvalue weighted by atomic mass is 9.54. The van der Waals surface area contributed by atoms with Crippen molar-refractivity contribution < 1.29 is 0 Å². The number of hydrogen-bond donors (Lipinski definition) is 1. The fourth-order valence-electron chi connectivity index (χ4n) is 4.22. The van der Waals surface area contributed by atoms with Crippen LogP contribution in [0.1, 0.15) is 73.2 Å². The average molecular weight is 319 g/mol. The van der Waals surface area contributed by atoms with Gasteiger partial charge in [0.2, 0.25) is 0 Å². The molecule has 0 aliphatic carbocycles. The molecule has 2 rings (SSSR count). The summed E-state index contributed by atoms with van der Waals surface area (Å²) in [5, 5.41) is 0. The fraction of sp³-hybridized carbons (Fsp3) is 0.789. The highest BCUT2D eigenvalue weighted by atomic mass is 16.1. The summed E-state index contributed by atoms with van der Waals surface area (Å²) in [4.78, 5) is 22.3. The minimum absolute atomic E-state index is 0.0414. The molecule has 0 saturated carbocycles. The van der Waals surface area contributed by atoms with Gasteiger partial charge in [0.25, 0.3) is 5.56 Å². The van der Waals surface area contributed by atoms with Crippen molar-refractivity contribution in [3.05, 3.63) is 21.7 Å². The second kappa shape index (κ2) is 4.84. The van der Waals surface area contributed by atoms with E-state index in [0.29, 0.717) is 11.4 Å². The lowest BCUT2D eigenvalue weighted by Crippen LogP contribution is -2.72. The van der Waals surface area contributed by atoms with Gasteiger partial charge in [-0.25, -0.2) is 4.98 Å². The zero-order chi connectivity index (χ0) is 18.0. The lowest BCUT2D eigenvalue weighted by Gasteiger charge is -2.67. The van der Waals surface area contributed by atoms with Gasteiger partial charge < -0.3 is 9.88 Å². The summed E-state index contributed by atoms with van der Waals surface area (Å²) in [6.45, 7) is 22.1. The molecule has 1 aliphatic rings. The number of hydrogen-bond acceptors (Lipinski definition) is 3. The van der Waals surface area contributed by atoms with E-state index >= 15 is 0 Å². The highest BCUT2D eigenvalue weighted by Crippen LogP contribution is 2.58. The number of H-pyrrole nitrogens is 1. The highest BCUT2D eigenvalue weighted by molar-refractivity contribution is 5.53. The van der Waals surface area contributed by atoms with Crippen LogP contribution in [0.4, 0.5) is 5.82 Å². The molecule has 4 heteroatoms. The van der Waals surface area contributed by atoms with Gasteiger partial charge in [0, 0.05) is 11.1 Å². The number of piperidine rings is 1. The third-order valence-electron chi connectivity index (χ3n) is 6.77. The first-order valence-corrected chi connectivity index (χ1v) is 8.53. The molecule has 1 fully saturated rings. The van der Waals surface area contributed by atoms with Gasteiger partial charge in [0.15, 0.2) is 0 Å². The Morgan fingerprint density at radius 3 is 1.78 bits per heavy atom. The molecule has 0 amide bonds. The molecule has 0 atom stereocenters. The van der Waals surface area contributed by atoms with Crippen LogP contribution in [0.2, 0.25) is 0 Å². The first-order chi connectivity index (χ1) is 10.1. The predicted molar refractivity (Wildman–Crippen MR) is 97.1 cm³/mol. The van der Waals surface area contributed by atoms with Crippen molar-refractivity contribution in [1.29, 1.82) is 0 Å². The van der Waals surface area contributed by atoms with Crippen molar-refractivity contribution in [1.82, 2.24) is 9.97 Å². The lowest BCUT2D eigenvalue weighted by molar-refractivity contribution is -0.0125. The molecular formula is C19H33N3O. The van der Waals surface area contributed by atoms with Crippen LogP contribution in [0.5, 0.6) is 0 Å². The molecule has 130 valence electrons. The van der Waals surface area contributed by atoms with Gasteiger partial charge in [-0.3, -0.25) is 4.79 Å². The van der Waals surface area contributed by atoms with Gasteiger partial charge >= 0.3 is 0 Å². The van der Waals surface area contributed by atoms with Crippen LogP contribution in [0.3, 0.4) is 0 Å². The minimum atomic E-state index is -0.121. The molecule has 1 saturated heterocycles. The SMILES string of the molecule is Cc1nc(N2C(C)(C)C(C)(C)CC(C)(C)C2(C)C)c(C)c(=O)[nH]1. The topological polar surface area (TPSA) is 49.0 Å². The standard InChI is InChI=1S/C19H33N3O/c1-12-14(20-13(2)21-15(12)23)22-18(7,8)16(3,4)11-17(5,6)19(22,9)10/h11H2,1-10H3,(H,20,21,23). The Bertz CT molecular complexity index is 654. The van der Waals surface area contributed by atoms with Gasteiger partial charge in [0.05, 0.1) is 5.56 Å². The normalized spacial score (nSPS) is 24.5. The Morgan fingerprint density at radius 1 is 0.913 bits per heavy atom. The Hall–Kier alpha value is -1.32. The summed E-state index contributed by atoms with van der Waals surface area (Å²) >= 11 is 0. The Morgan fingerprint density at radius 2 is 1.35 bits per heavy atom. The van der Waals surface area contributed by atoms with Gasteiger partial charge in [-0.05, 0) is 58.8 Å². The Labute approximate surface area is 140 Å². The first kappa shape index (κ1) is 18.0. The molecule has 4 nitrogen and oxygen atoms in total. The third kappa shape index (κ3) is 2.41. The summed E-state index contributed by atoms with van der Waals surface area (Å²) in [5.41, 5.74) is 0.604. The second-order valence-corrected chi connectivity index (χ2v) is 9.50. The van der Waals surface area contributed by atoms with Crippen LogP contribution in [0, 0.1) is 24.7 Å². The van der Waals surface area contributed by atoms with Crippen LogP contribution in [-0.2, 0) is 0 Å². The predicted octanol–water partition coefficient (Wildman–Crippen LogP) is 4.21. The summed E-state index contributed by atoms with van der Waals surface area (Å²) in [5.74, 6) is 1.49. The average Bonchev–Trinajstić information content (AvgIpc) is 2.31. The maximum absolute atomic E-state index is 12.3. The summed E-state index contributed by atoms with van der Waals surface area (Å²) in [6, 6.07) is 0. The zero-order valence-electron chi connectivity index (χ0n) is 16.5. The molecule has 0 unspecified atom stereocenters. The molecule has 2 heterocycles. The molecule has 1 aliphatic heterocycles. The summed E-state index contributed by atoms with van der Waals surface area (Å²) < 4.78 is 0. The van der Waals surface area contributed by atoms with Gasteiger partial charge in [-0.1, -0.05) is 27.7 Å². The van der Waals surface area contributed by atoms with Gasteiger partial charge in [-0.15, -0.1) is 0 Å². The Kier molecular flexibility index (Phi) is 3.79. The first-order valence-electron chi connectivity index (χ1n) is 8.53. The third-order valence-corrected chi connectivity index (χ3v) is 6.77. The molecule has 1 aromatic heterocycles. The number of nitrogens with zero attached hydrogens (tertiary/aromatic N) is 2. The second-order valence-electron chi connectivity index (χ2n) is 9.50. The van der Waals surface area contributed by atoms with Crippen molar-refractivity contribution in [2.24, 2.45) is 10.8 Å². The molecule has 0 bridgehead atoms. The van der Waals surface area contributed by atoms with Crippen molar-refractivity contribution in [2.45, 2.75) is 86.7 Å². The number of rotatable bonds is 1.